The summed E-state index contributed by atoms with van der Waals surface area (Å²) >= 11 is 5.92. The first kappa shape index (κ1) is 25.7. The third-order valence-electron chi connectivity index (χ3n) is 5.54. The number of hydrogen-bond donors (Lipinski definition) is 2. The summed E-state index contributed by atoms with van der Waals surface area (Å²) in [5.41, 5.74) is 1.25. The zero-order chi connectivity index (χ0) is 26.4. The van der Waals surface area contributed by atoms with Crippen molar-refractivity contribution >= 4 is 40.3 Å². The molecule has 4 rings (SSSR count). The van der Waals surface area contributed by atoms with Gasteiger partial charge in [-0.05, 0) is 48.9 Å². The predicted molar refractivity (Wildman–Crippen MR) is 135 cm³/mol. The normalized spacial score (nSPS) is 12.5. The van der Waals surface area contributed by atoms with Gasteiger partial charge in [0.15, 0.2) is 0 Å². The van der Waals surface area contributed by atoms with Gasteiger partial charge < -0.3 is 24.2 Å². The van der Waals surface area contributed by atoms with E-state index in [9.17, 15) is 19.2 Å². The molecule has 190 valence electrons. The Labute approximate surface area is 216 Å². The lowest BCUT2D eigenvalue weighted by Gasteiger charge is -2.22. The Morgan fingerprint density at radius 2 is 1.81 bits per heavy atom. The van der Waals surface area contributed by atoms with Crippen LogP contribution in [0.2, 0.25) is 5.02 Å². The summed E-state index contributed by atoms with van der Waals surface area (Å²) in [6, 6.07) is 14.8. The van der Waals surface area contributed by atoms with Crippen molar-refractivity contribution in [2.24, 2.45) is 0 Å². The van der Waals surface area contributed by atoms with Crippen LogP contribution in [0.4, 0.5) is 0 Å². The second-order valence-corrected chi connectivity index (χ2v) is 8.50. The van der Waals surface area contributed by atoms with Gasteiger partial charge in [0, 0.05) is 39.5 Å². The van der Waals surface area contributed by atoms with E-state index in [1.165, 1.54) is 36.8 Å². The van der Waals surface area contributed by atoms with Crippen molar-refractivity contribution in [2.75, 3.05) is 6.61 Å². The van der Waals surface area contributed by atoms with Crippen LogP contribution in [-0.4, -0.2) is 35.5 Å². The molecule has 10 heteroatoms. The molecular weight excluding hydrogens is 500 g/mol. The lowest BCUT2D eigenvalue weighted by Crippen LogP contribution is -2.44. The lowest BCUT2D eigenvalue weighted by molar-refractivity contribution is -0.169. The Kier molecular flexibility index (Phi) is 8.05. The zero-order valence-corrected chi connectivity index (χ0v) is 20.5. The molecule has 2 heterocycles. The number of esters is 2. The second kappa shape index (κ2) is 11.6. The number of amides is 1. The minimum absolute atomic E-state index is 0.0697. The monoisotopic (exact) mass is 522 g/mol. The fourth-order valence-electron chi connectivity index (χ4n) is 3.79. The maximum Gasteiger partial charge on any atom is 0.352 e. The van der Waals surface area contributed by atoms with E-state index in [-0.39, 0.29) is 29.7 Å². The van der Waals surface area contributed by atoms with Crippen molar-refractivity contribution in [3.05, 3.63) is 105 Å². The standard InChI is InChI=1S/C27H23ClN2O7/c1-2-36-27(34)24(17-11-12-35-15-17)37-26(33)22(30-25(32)16-7-9-19(28)10-8-16)13-18-14-23(31)29-21-6-4-3-5-20(18)21/h3-12,14-15,22,24H,2,13H2,1H3,(H,29,31)(H,30,32). The van der Waals surface area contributed by atoms with Crippen molar-refractivity contribution in [3.8, 4) is 0 Å². The number of carbonyl (C=O) groups excluding carboxylic acids is 3. The van der Waals surface area contributed by atoms with Crippen LogP contribution in [0.5, 0.6) is 0 Å². The number of aromatic amines is 1. The molecule has 0 aliphatic carbocycles. The molecule has 2 atom stereocenters. The molecule has 0 aliphatic heterocycles. The number of ether oxygens (including phenoxy) is 2. The fourth-order valence-corrected chi connectivity index (χ4v) is 3.92. The van der Waals surface area contributed by atoms with Crippen LogP contribution in [0.25, 0.3) is 10.9 Å². The number of fused-ring (bicyclic) bond motifs is 1. The van der Waals surface area contributed by atoms with Crippen LogP contribution < -0.4 is 10.9 Å². The van der Waals surface area contributed by atoms with Gasteiger partial charge in [0.1, 0.15) is 6.04 Å². The number of nitrogens with one attached hydrogen (secondary N) is 2. The van der Waals surface area contributed by atoms with Crippen molar-refractivity contribution in [1.82, 2.24) is 10.3 Å². The highest BCUT2D eigenvalue weighted by Gasteiger charge is 2.32. The largest absolute Gasteiger partial charge is 0.472 e. The molecule has 0 radical (unpaired) electrons. The summed E-state index contributed by atoms with van der Waals surface area (Å²) in [7, 11) is 0. The van der Waals surface area contributed by atoms with Gasteiger partial charge in [-0.2, -0.15) is 0 Å². The zero-order valence-electron chi connectivity index (χ0n) is 19.7. The summed E-state index contributed by atoms with van der Waals surface area (Å²) in [4.78, 5) is 54.0. The van der Waals surface area contributed by atoms with Crippen LogP contribution >= 0.6 is 11.6 Å². The van der Waals surface area contributed by atoms with Gasteiger partial charge in [0.05, 0.1) is 19.1 Å². The summed E-state index contributed by atoms with van der Waals surface area (Å²) < 4.78 is 15.6. The van der Waals surface area contributed by atoms with E-state index in [0.29, 0.717) is 21.5 Å². The highest BCUT2D eigenvalue weighted by atomic mass is 35.5. The van der Waals surface area contributed by atoms with Crippen LogP contribution in [0.15, 0.2) is 82.4 Å². The number of H-pyrrole nitrogens is 1. The number of carbonyl (C=O) groups is 3. The average Bonchev–Trinajstić information content (AvgIpc) is 3.41. The molecule has 2 unspecified atom stereocenters. The van der Waals surface area contributed by atoms with E-state index in [1.54, 1.807) is 43.3 Å². The second-order valence-electron chi connectivity index (χ2n) is 8.07. The Morgan fingerprint density at radius 3 is 2.51 bits per heavy atom. The third kappa shape index (κ3) is 6.25. The number of aromatic nitrogens is 1. The highest BCUT2D eigenvalue weighted by Crippen LogP contribution is 2.23. The molecular formula is C27H23ClN2O7. The number of para-hydroxylation sites is 1. The van der Waals surface area contributed by atoms with Gasteiger partial charge in [0.25, 0.3) is 5.91 Å². The Morgan fingerprint density at radius 1 is 1.05 bits per heavy atom. The molecule has 9 nitrogen and oxygen atoms in total. The number of halogens is 1. The number of hydrogen-bond acceptors (Lipinski definition) is 7. The van der Waals surface area contributed by atoms with Gasteiger partial charge in [0.2, 0.25) is 11.7 Å². The van der Waals surface area contributed by atoms with Gasteiger partial charge in [-0.1, -0.05) is 29.8 Å². The van der Waals surface area contributed by atoms with Crippen molar-refractivity contribution in [3.63, 3.8) is 0 Å². The van der Waals surface area contributed by atoms with Gasteiger partial charge in [-0.3, -0.25) is 9.59 Å². The van der Waals surface area contributed by atoms with E-state index < -0.39 is 30.0 Å². The van der Waals surface area contributed by atoms with Crippen LogP contribution in [-0.2, 0) is 25.5 Å². The first-order valence-electron chi connectivity index (χ1n) is 11.4. The predicted octanol–water partition coefficient (Wildman–Crippen LogP) is 3.96. The minimum atomic E-state index is -1.41. The maximum atomic E-state index is 13.4. The van der Waals surface area contributed by atoms with E-state index in [1.807, 2.05) is 0 Å². The SMILES string of the molecule is CCOC(=O)C(OC(=O)C(Cc1cc(=O)[nH]c2ccccc12)NC(=O)c1ccc(Cl)cc1)c1ccoc1. The molecule has 2 aromatic carbocycles. The quantitative estimate of drug-likeness (QED) is 0.318. The number of furan rings is 1. The summed E-state index contributed by atoms with van der Waals surface area (Å²) in [5, 5.41) is 3.80. The maximum absolute atomic E-state index is 13.4. The molecule has 0 spiro atoms. The number of rotatable bonds is 9. The lowest BCUT2D eigenvalue weighted by atomic mass is 10.0. The molecule has 4 aromatic rings. The Balaban J connectivity index is 1.67. The van der Waals surface area contributed by atoms with Crippen molar-refractivity contribution in [1.29, 1.82) is 0 Å². The Hall–Kier alpha value is -4.37. The minimum Gasteiger partial charge on any atom is -0.472 e. The smallest absolute Gasteiger partial charge is 0.352 e. The first-order chi connectivity index (χ1) is 17.9. The topological polar surface area (TPSA) is 128 Å². The first-order valence-corrected chi connectivity index (χ1v) is 11.8. The molecule has 0 bridgehead atoms. The van der Waals surface area contributed by atoms with Crippen LogP contribution in [0.3, 0.4) is 0 Å². The average molecular weight is 523 g/mol. The third-order valence-corrected chi connectivity index (χ3v) is 5.79. The van der Waals surface area contributed by atoms with Gasteiger partial charge >= 0.3 is 11.9 Å². The highest BCUT2D eigenvalue weighted by molar-refractivity contribution is 6.30. The molecule has 0 saturated carbocycles. The molecule has 2 aromatic heterocycles. The van der Waals surface area contributed by atoms with E-state index in [0.717, 1.165) is 0 Å². The number of pyridine rings is 1. The summed E-state index contributed by atoms with van der Waals surface area (Å²) in [6.45, 7) is 1.69. The number of benzene rings is 2. The summed E-state index contributed by atoms with van der Waals surface area (Å²) in [5.74, 6) is -2.25. The molecule has 37 heavy (non-hydrogen) atoms. The van der Waals surface area contributed by atoms with Crippen LogP contribution in [0, 0.1) is 0 Å². The summed E-state index contributed by atoms with van der Waals surface area (Å²) in [6.07, 6.45) is 1.11. The van der Waals surface area contributed by atoms with Gasteiger partial charge in [-0.25, -0.2) is 9.59 Å². The van der Waals surface area contributed by atoms with Crippen molar-refractivity contribution in [2.45, 2.75) is 25.5 Å². The Bertz CT molecular complexity index is 1460. The van der Waals surface area contributed by atoms with E-state index >= 15 is 0 Å². The van der Waals surface area contributed by atoms with Crippen LogP contribution in [0.1, 0.15) is 34.5 Å². The molecule has 0 aliphatic rings. The van der Waals surface area contributed by atoms with E-state index in [2.05, 4.69) is 10.3 Å². The fraction of sp³-hybridized carbons (Fsp3) is 0.185. The van der Waals surface area contributed by atoms with Crippen molar-refractivity contribution < 1.29 is 28.3 Å². The molecule has 2 N–H and O–H groups in total. The van der Waals surface area contributed by atoms with Gasteiger partial charge in [-0.15, -0.1) is 0 Å². The van der Waals surface area contributed by atoms with E-state index in [4.69, 9.17) is 25.5 Å². The molecule has 0 saturated heterocycles. The molecule has 0 fully saturated rings. The molecule has 1 amide bonds.